The monoisotopic (exact) mass is 425 g/mol. The van der Waals surface area contributed by atoms with Crippen molar-refractivity contribution in [2.24, 2.45) is 5.92 Å². The highest BCUT2D eigenvalue weighted by atomic mass is 32.1. The van der Waals surface area contributed by atoms with Gasteiger partial charge in [-0.3, -0.25) is 9.48 Å². The fourth-order valence-corrected chi connectivity index (χ4v) is 4.95. The maximum absolute atomic E-state index is 12.6. The molecule has 30 heavy (non-hydrogen) atoms. The predicted molar refractivity (Wildman–Crippen MR) is 118 cm³/mol. The Kier molecular flexibility index (Phi) is 5.90. The molecule has 0 radical (unpaired) electrons. The zero-order chi connectivity index (χ0) is 21.3. The number of hydrogen-bond acceptors (Lipinski definition) is 5. The molecule has 1 amide bonds. The summed E-state index contributed by atoms with van der Waals surface area (Å²) < 4.78 is 7.27. The van der Waals surface area contributed by atoms with E-state index >= 15 is 0 Å². The molecule has 0 unspecified atom stereocenters. The van der Waals surface area contributed by atoms with Crippen molar-refractivity contribution >= 4 is 33.4 Å². The van der Waals surface area contributed by atoms with Crippen molar-refractivity contribution < 1.29 is 14.3 Å². The Bertz CT molecular complexity index is 1070. The Morgan fingerprint density at radius 1 is 1.23 bits per heavy atom. The van der Waals surface area contributed by atoms with Gasteiger partial charge >= 0.3 is 5.97 Å². The first-order chi connectivity index (χ1) is 14.4. The fraction of sp³-hybridized carbons (Fsp3) is 0.435. The van der Waals surface area contributed by atoms with Crippen molar-refractivity contribution in [3.63, 3.8) is 0 Å². The number of aromatic nitrogens is 2. The van der Waals surface area contributed by atoms with Crippen LogP contribution in [0.15, 0.2) is 30.3 Å². The molecule has 1 aliphatic rings. The van der Waals surface area contributed by atoms with Crippen LogP contribution in [0.1, 0.15) is 46.3 Å². The first-order valence-electron chi connectivity index (χ1n) is 10.4. The molecule has 6 nitrogen and oxygen atoms in total. The minimum absolute atomic E-state index is 0.113. The van der Waals surface area contributed by atoms with E-state index in [1.54, 1.807) is 4.90 Å². The summed E-state index contributed by atoms with van der Waals surface area (Å²) in [6, 6.07) is 10.2. The van der Waals surface area contributed by atoms with Crippen molar-refractivity contribution in [3.05, 3.63) is 52.0 Å². The van der Waals surface area contributed by atoms with Gasteiger partial charge in [0.05, 0.1) is 12.2 Å². The van der Waals surface area contributed by atoms with E-state index in [1.165, 1.54) is 16.9 Å². The van der Waals surface area contributed by atoms with Crippen LogP contribution < -0.4 is 0 Å². The van der Waals surface area contributed by atoms with Crippen LogP contribution in [0.25, 0.3) is 10.2 Å². The summed E-state index contributed by atoms with van der Waals surface area (Å²) in [5.41, 5.74) is 3.25. The van der Waals surface area contributed by atoms with Crippen LogP contribution in [0.3, 0.4) is 0 Å². The third kappa shape index (κ3) is 4.41. The number of carbonyl (C=O) groups is 2. The molecule has 158 valence electrons. The average molecular weight is 426 g/mol. The lowest BCUT2D eigenvalue weighted by Crippen LogP contribution is -2.41. The third-order valence-corrected chi connectivity index (χ3v) is 6.73. The van der Waals surface area contributed by atoms with Crippen LogP contribution in [-0.2, 0) is 16.1 Å². The zero-order valence-electron chi connectivity index (χ0n) is 17.7. The molecule has 1 aliphatic heterocycles. The molecule has 3 heterocycles. The van der Waals surface area contributed by atoms with E-state index in [0.29, 0.717) is 17.3 Å². The number of likely N-dealkylation sites (tertiary alicyclic amines) is 1. The number of carbonyl (C=O) groups excluding carboxylic acids is 2. The van der Waals surface area contributed by atoms with E-state index in [-0.39, 0.29) is 12.5 Å². The summed E-state index contributed by atoms with van der Waals surface area (Å²) in [7, 11) is 0. The fourth-order valence-electron chi connectivity index (χ4n) is 3.89. The van der Waals surface area contributed by atoms with Gasteiger partial charge in [-0.1, -0.05) is 36.8 Å². The van der Waals surface area contributed by atoms with Crippen LogP contribution >= 0.6 is 11.3 Å². The number of thiophene rings is 1. The Balaban J connectivity index is 1.44. The van der Waals surface area contributed by atoms with E-state index in [1.807, 2.05) is 17.7 Å². The number of benzene rings is 1. The van der Waals surface area contributed by atoms with Crippen LogP contribution in [0.2, 0.25) is 0 Å². The predicted octanol–water partition coefficient (Wildman–Crippen LogP) is 4.18. The van der Waals surface area contributed by atoms with E-state index in [0.717, 1.165) is 47.4 Å². The Hall–Kier alpha value is -2.67. The van der Waals surface area contributed by atoms with Crippen LogP contribution in [0.4, 0.5) is 0 Å². The minimum atomic E-state index is -0.448. The molecule has 4 rings (SSSR count). The van der Waals surface area contributed by atoms with E-state index in [2.05, 4.69) is 43.2 Å². The summed E-state index contributed by atoms with van der Waals surface area (Å²) in [4.78, 5) is 28.2. The van der Waals surface area contributed by atoms with Gasteiger partial charge in [0.15, 0.2) is 6.61 Å². The second-order valence-electron chi connectivity index (χ2n) is 8.22. The van der Waals surface area contributed by atoms with Gasteiger partial charge in [-0.15, -0.1) is 11.3 Å². The normalized spacial score (nSPS) is 16.8. The number of nitrogens with zero attached hydrogens (tertiary/aromatic N) is 3. The molecule has 1 atom stereocenters. The Morgan fingerprint density at radius 2 is 2.00 bits per heavy atom. The summed E-state index contributed by atoms with van der Waals surface area (Å²) in [5.74, 6) is -0.0610. The SMILES string of the molecule is Cc1ccc(Cn2nc(C)c3cc(C(=O)OCC(=O)N4CCC[C@@H](C)C4)sc32)cc1. The van der Waals surface area contributed by atoms with Crippen molar-refractivity contribution in [1.82, 2.24) is 14.7 Å². The molecule has 1 fully saturated rings. The average Bonchev–Trinajstić information content (AvgIpc) is 3.29. The third-order valence-electron chi connectivity index (χ3n) is 5.60. The molecule has 1 saturated heterocycles. The lowest BCUT2D eigenvalue weighted by atomic mass is 10.0. The van der Waals surface area contributed by atoms with Crippen molar-refractivity contribution in [3.8, 4) is 0 Å². The van der Waals surface area contributed by atoms with Crippen molar-refractivity contribution in [2.75, 3.05) is 19.7 Å². The Morgan fingerprint density at radius 3 is 2.73 bits per heavy atom. The Labute approximate surface area is 180 Å². The number of esters is 1. The molecule has 0 spiro atoms. The first-order valence-corrected chi connectivity index (χ1v) is 11.2. The molecule has 7 heteroatoms. The van der Waals surface area contributed by atoms with Gasteiger partial charge in [-0.2, -0.15) is 5.10 Å². The smallest absolute Gasteiger partial charge is 0.348 e. The molecule has 0 saturated carbocycles. The quantitative estimate of drug-likeness (QED) is 0.575. The highest BCUT2D eigenvalue weighted by molar-refractivity contribution is 7.20. The topological polar surface area (TPSA) is 64.4 Å². The lowest BCUT2D eigenvalue weighted by Gasteiger charge is -2.30. The van der Waals surface area contributed by atoms with Crippen LogP contribution in [-0.4, -0.2) is 46.3 Å². The summed E-state index contributed by atoms with van der Waals surface area (Å²) in [6.45, 7) is 8.08. The maximum atomic E-state index is 12.6. The molecular formula is C23H27N3O3S. The second-order valence-corrected chi connectivity index (χ2v) is 9.25. The number of aryl methyl sites for hydroxylation is 2. The summed E-state index contributed by atoms with van der Waals surface area (Å²) in [6.07, 6.45) is 2.15. The van der Waals surface area contributed by atoms with Crippen LogP contribution in [0, 0.1) is 19.8 Å². The van der Waals surface area contributed by atoms with Gasteiger partial charge in [0.2, 0.25) is 0 Å². The van der Waals surface area contributed by atoms with Gasteiger partial charge in [-0.05, 0) is 44.2 Å². The number of ether oxygens (including phenoxy) is 1. The zero-order valence-corrected chi connectivity index (χ0v) is 18.5. The lowest BCUT2D eigenvalue weighted by molar-refractivity contribution is -0.136. The van der Waals surface area contributed by atoms with E-state index in [9.17, 15) is 9.59 Å². The molecule has 3 aromatic rings. The maximum Gasteiger partial charge on any atom is 0.348 e. The number of rotatable bonds is 5. The van der Waals surface area contributed by atoms with Gasteiger partial charge in [-0.25, -0.2) is 4.79 Å². The van der Waals surface area contributed by atoms with Gasteiger partial charge in [0.1, 0.15) is 9.71 Å². The van der Waals surface area contributed by atoms with Gasteiger partial charge in [0, 0.05) is 18.5 Å². The molecule has 1 aromatic carbocycles. The second kappa shape index (κ2) is 8.60. The highest BCUT2D eigenvalue weighted by Crippen LogP contribution is 2.29. The number of piperidine rings is 1. The number of amides is 1. The van der Waals surface area contributed by atoms with Gasteiger partial charge < -0.3 is 9.64 Å². The van der Waals surface area contributed by atoms with E-state index < -0.39 is 5.97 Å². The standard InChI is InChI=1S/C23H27N3O3S/c1-15-6-8-18(9-7-15)13-26-22-19(17(3)24-26)11-20(30-22)23(28)29-14-21(27)25-10-4-5-16(2)12-25/h6-9,11,16H,4-5,10,12-14H2,1-3H3/t16-/m1/s1. The number of fused-ring (bicyclic) bond motifs is 1. The largest absolute Gasteiger partial charge is 0.451 e. The van der Waals surface area contributed by atoms with Crippen LogP contribution in [0.5, 0.6) is 0 Å². The molecular weight excluding hydrogens is 398 g/mol. The van der Waals surface area contributed by atoms with E-state index in [4.69, 9.17) is 4.74 Å². The van der Waals surface area contributed by atoms with Crippen molar-refractivity contribution in [2.45, 2.75) is 40.2 Å². The summed E-state index contributed by atoms with van der Waals surface area (Å²) in [5, 5.41) is 5.58. The summed E-state index contributed by atoms with van der Waals surface area (Å²) >= 11 is 1.36. The minimum Gasteiger partial charge on any atom is -0.451 e. The molecule has 0 aliphatic carbocycles. The van der Waals surface area contributed by atoms with Crippen molar-refractivity contribution in [1.29, 1.82) is 0 Å². The number of hydrogen-bond donors (Lipinski definition) is 0. The molecule has 0 bridgehead atoms. The highest BCUT2D eigenvalue weighted by Gasteiger charge is 2.23. The molecule has 0 N–H and O–H groups in total. The molecule has 2 aromatic heterocycles. The first kappa shape index (κ1) is 20.6. The van der Waals surface area contributed by atoms with Gasteiger partial charge in [0.25, 0.3) is 5.91 Å².